The Morgan fingerprint density at radius 3 is 2.52 bits per heavy atom. The molecule has 0 radical (unpaired) electrons. The largest absolute Gasteiger partial charge is 0.452 e. The summed E-state index contributed by atoms with van der Waals surface area (Å²) in [5.41, 5.74) is -0.217. The fourth-order valence-electron chi connectivity index (χ4n) is 1.59. The first kappa shape index (κ1) is 18.5. The summed E-state index contributed by atoms with van der Waals surface area (Å²) in [6.45, 7) is 3.23. The summed E-state index contributed by atoms with van der Waals surface area (Å²) in [5, 5.41) is 4.95. The Labute approximate surface area is 132 Å². The molecule has 23 heavy (non-hydrogen) atoms. The molecule has 0 saturated carbocycles. The predicted octanol–water partition coefficient (Wildman–Crippen LogP) is 1.15. The molecule has 0 bridgehead atoms. The lowest BCUT2D eigenvalue weighted by atomic mass is 10.2. The summed E-state index contributed by atoms with van der Waals surface area (Å²) < 4.78 is 30.4. The second-order valence-electron chi connectivity index (χ2n) is 4.79. The number of amides is 2. The van der Waals surface area contributed by atoms with Crippen LogP contribution in [0.4, 0.5) is 8.78 Å². The molecule has 1 rings (SSSR count). The van der Waals surface area contributed by atoms with Crippen LogP contribution >= 0.6 is 0 Å². The number of halogens is 2. The third-order valence-electron chi connectivity index (χ3n) is 2.81. The highest BCUT2D eigenvalue weighted by Gasteiger charge is 2.17. The minimum absolute atomic E-state index is 0.217. The zero-order valence-electron chi connectivity index (χ0n) is 12.8. The third-order valence-corrected chi connectivity index (χ3v) is 2.81. The topological polar surface area (TPSA) is 84.5 Å². The monoisotopic (exact) mass is 328 g/mol. The van der Waals surface area contributed by atoms with Gasteiger partial charge in [0.15, 0.2) is 18.2 Å². The minimum atomic E-state index is -1.19. The van der Waals surface area contributed by atoms with Gasteiger partial charge in [0.1, 0.15) is 6.04 Å². The second-order valence-corrected chi connectivity index (χ2v) is 4.79. The van der Waals surface area contributed by atoms with Crippen molar-refractivity contribution in [3.05, 3.63) is 35.4 Å². The first-order chi connectivity index (χ1) is 10.8. The molecule has 8 heteroatoms. The van der Waals surface area contributed by atoms with Crippen molar-refractivity contribution in [1.82, 2.24) is 10.6 Å². The van der Waals surface area contributed by atoms with Crippen molar-refractivity contribution in [2.24, 2.45) is 0 Å². The molecule has 1 aromatic carbocycles. The zero-order chi connectivity index (χ0) is 17.4. The molecule has 0 fully saturated rings. The molecule has 0 aliphatic carbocycles. The molecule has 0 aliphatic rings. The fraction of sp³-hybridized carbons (Fsp3) is 0.400. The molecule has 0 aromatic heterocycles. The molecule has 1 aromatic rings. The van der Waals surface area contributed by atoms with Crippen LogP contribution in [-0.2, 0) is 14.3 Å². The minimum Gasteiger partial charge on any atom is -0.452 e. The third kappa shape index (κ3) is 6.01. The van der Waals surface area contributed by atoms with Gasteiger partial charge < -0.3 is 15.4 Å². The van der Waals surface area contributed by atoms with Gasteiger partial charge in [-0.05, 0) is 31.5 Å². The Morgan fingerprint density at radius 1 is 1.22 bits per heavy atom. The standard InChI is InChI=1S/C15H18F2N2O4/c1-3-6-18-14(21)9(2)19-13(20)8-23-15(22)10-4-5-11(16)12(17)7-10/h4-5,7,9H,3,6,8H2,1-2H3,(H,18,21)(H,19,20)/t9-/m1/s1. The van der Waals surface area contributed by atoms with E-state index in [2.05, 4.69) is 15.4 Å². The molecular formula is C15H18F2N2O4. The van der Waals surface area contributed by atoms with Gasteiger partial charge in [0.25, 0.3) is 5.91 Å². The smallest absolute Gasteiger partial charge is 0.338 e. The molecule has 126 valence electrons. The number of carbonyl (C=O) groups excluding carboxylic acids is 3. The number of hydrogen-bond donors (Lipinski definition) is 2. The summed E-state index contributed by atoms with van der Waals surface area (Å²) in [6, 6.07) is 1.72. The van der Waals surface area contributed by atoms with Gasteiger partial charge in [-0.15, -0.1) is 0 Å². The average Bonchev–Trinajstić information content (AvgIpc) is 2.52. The SMILES string of the molecule is CCCNC(=O)[C@@H](C)NC(=O)COC(=O)c1ccc(F)c(F)c1. The lowest BCUT2D eigenvalue weighted by Crippen LogP contribution is -2.46. The Morgan fingerprint density at radius 2 is 1.91 bits per heavy atom. The number of ether oxygens (including phenoxy) is 1. The van der Waals surface area contributed by atoms with Crippen LogP contribution in [0, 0.1) is 11.6 Å². The molecule has 2 N–H and O–H groups in total. The zero-order valence-corrected chi connectivity index (χ0v) is 12.8. The van der Waals surface area contributed by atoms with E-state index >= 15 is 0 Å². The molecule has 0 unspecified atom stereocenters. The van der Waals surface area contributed by atoms with E-state index in [-0.39, 0.29) is 11.5 Å². The number of carbonyl (C=O) groups is 3. The normalized spacial score (nSPS) is 11.5. The van der Waals surface area contributed by atoms with Crippen LogP contribution in [-0.4, -0.2) is 37.0 Å². The van der Waals surface area contributed by atoms with Gasteiger partial charge in [0, 0.05) is 6.54 Å². The van der Waals surface area contributed by atoms with E-state index < -0.39 is 36.2 Å². The first-order valence-corrected chi connectivity index (χ1v) is 7.04. The Kier molecular flexibility index (Phi) is 7.11. The summed E-state index contributed by atoms with van der Waals surface area (Å²) in [4.78, 5) is 34.7. The van der Waals surface area contributed by atoms with Gasteiger partial charge >= 0.3 is 5.97 Å². The van der Waals surface area contributed by atoms with Crippen molar-refractivity contribution in [2.75, 3.05) is 13.2 Å². The van der Waals surface area contributed by atoms with Gasteiger partial charge in [-0.25, -0.2) is 13.6 Å². The highest BCUT2D eigenvalue weighted by atomic mass is 19.2. The van der Waals surface area contributed by atoms with Gasteiger partial charge in [0.2, 0.25) is 5.91 Å². The summed E-state index contributed by atoms with van der Waals surface area (Å²) >= 11 is 0. The van der Waals surface area contributed by atoms with Gasteiger partial charge in [-0.3, -0.25) is 9.59 Å². The average molecular weight is 328 g/mol. The molecular weight excluding hydrogens is 310 g/mol. The first-order valence-electron chi connectivity index (χ1n) is 7.04. The molecule has 2 amide bonds. The van der Waals surface area contributed by atoms with Crippen LogP contribution in [0.5, 0.6) is 0 Å². The van der Waals surface area contributed by atoms with E-state index in [1.165, 1.54) is 6.92 Å². The number of hydrogen-bond acceptors (Lipinski definition) is 4. The molecule has 0 saturated heterocycles. The van der Waals surface area contributed by atoms with Crippen LogP contribution in [0.25, 0.3) is 0 Å². The van der Waals surface area contributed by atoms with Crippen molar-refractivity contribution < 1.29 is 27.9 Å². The molecule has 0 aliphatic heterocycles. The molecule has 0 spiro atoms. The lowest BCUT2D eigenvalue weighted by Gasteiger charge is -2.13. The fourth-order valence-corrected chi connectivity index (χ4v) is 1.59. The Bertz CT molecular complexity index is 593. The summed E-state index contributed by atoms with van der Waals surface area (Å²) in [6.07, 6.45) is 0.762. The van der Waals surface area contributed by atoms with Gasteiger partial charge in [-0.1, -0.05) is 6.92 Å². The Balaban J connectivity index is 2.44. The van der Waals surface area contributed by atoms with Crippen LogP contribution < -0.4 is 10.6 Å². The van der Waals surface area contributed by atoms with Crippen molar-refractivity contribution in [2.45, 2.75) is 26.3 Å². The van der Waals surface area contributed by atoms with Crippen molar-refractivity contribution in [1.29, 1.82) is 0 Å². The van der Waals surface area contributed by atoms with E-state index in [9.17, 15) is 23.2 Å². The number of benzene rings is 1. The van der Waals surface area contributed by atoms with Gasteiger partial charge in [0.05, 0.1) is 5.56 Å². The number of nitrogens with one attached hydrogen (secondary N) is 2. The highest BCUT2D eigenvalue weighted by molar-refractivity contribution is 5.92. The summed E-state index contributed by atoms with van der Waals surface area (Å²) in [5.74, 6) is -4.29. The predicted molar refractivity (Wildman–Crippen MR) is 77.5 cm³/mol. The van der Waals surface area contributed by atoms with E-state index in [1.807, 2.05) is 6.92 Å². The molecule has 1 atom stereocenters. The van der Waals surface area contributed by atoms with Crippen LogP contribution in [0.15, 0.2) is 18.2 Å². The van der Waals surface area contributed by atoms with Crippen molar-refractivity contribution in [3.63, 3.8) is 0 Å². The summed E-state index contributed by atoms with van der Waals surface area (Å²) in [7, 11) is 0. The number of esters is 1. The van der Waals surface area contributed by atoms with Crippen LogP contribution in [0.2, 0.25) is 0 Å². The van der Waals surface area contributed by atoms with Crippen molar-refractivity contribution in [3.8, 4) is 0 Å². The van der Waals surface area contributed by atoms with Crippen LogP contribution in [0.1, 0.15) is 30.6 Å². The second kappa shape index (κ2) is 8.82. The van der Waals surface area contributed by atoms with E-state index in [1.54, 1.807) is 0 Å². The maximum Gasteiger partial charge on any atom is 0.338 e. The lowest BCUT2D eigenvalue weighted by molar-refractivity contribution is -0.130. The van der Waals surface area contributed by atoms with E-state index in [4.69, 9.17) is 0 Å². The van der Waals surface area contributed by atoms with E-state index in [0.717, 1.165) is 18.6 Å². The van der Waals surface area contributed by atoms with Crippen LogP contribution in [0.3, 0.4) is 0 Å². The highest BCUT2D eigenvalue weighted by Crippen LogP contribution is 2.09. The van der Waals surface area contributed by atoms with E-state index in [0.29, 0.717) is 12.6 Å². The maximum atomic E-state index is 13.0. The van der Waals surface area contributed by atoms with Crippen molar-refractivity contribution >= 4 is 17.8 Å². The quantitative estimate of drug-likeness (QED) is 0.736. The Hall–Kier alpha value is -2.51. The maximum absolute atomic E-state index is 13.0. The number of rotatable bonds is 7. The molecule has 0 heterocycles. The molecule has 6 nitrogen and oxygen atoms in total. The van der Waals surface area contributed by atoms with Gasteiger partial charge in [-0.2, -0.15) is 0 Å².